The molecule has 3 nitrogen and oxygen atoms in total. The lowest BCUT2D eigenvalue weighted by atomic mass is 9.83. The fourth-order valence-corrected chi connectivity index (χ4v) is 2.45. The predicted octanol–water partition coefficient (Wildman–Crippen LogP) is 3.80. The monoisotopic (exact) mass is 282 g/mol. The van der Waals surface area contributed by atoms with Crippen LogP contribution in [-0.2, 0) is 10.2 Å². The zero-order valence-electron chi connectivity index (χ0n) is 13.0. The molecule has 0 fully saturated rings. The van der Waals surface area contributed by atoms with Gasteiger partial charge < -0.3 is 11.1 Å². The third-order valence-electron chi connectivity index (χ3n) is 3.86. The van der Waals surface area contributed by atoms with E-state index < -0.39 is 5.41 Å². The molecule has 110 valence electrons. The molecule has 0 aliphatic rings. The number of hydrogen-bond donors (Lipinski definition) is 2. The van der Waals surface area contributed by atoms with Crippen molar-refractivity contribution >= 4 is 17.3 Å². The van der Waals surface area contributed by atoms with Gasteiger partial charge in [-0.25, -0.2) is 0 Å². The van der Waals surface area contributed by atoms with Gasteiger partial charge in [0.15, 0.2) is 0 Å². The van der Waals surface area contributed by atoms with Gasteiger partial charge in [-0.1, -0.05) is 30.3 Å². The van der Waals surface area contributed by atoms with Crippen molar-refractivity contribution in [2.24, 2.45) is 0 Å². The van der Waals surface area contributed by atoms with Crippen LogP contribution in [0.3, 0.4) is 0 Å². The number of nitrogens with one attached hydrogen (secondary N) is 1. The number of nitrogens with two attached hydrogens (primary N) is 1. The van der Waals surface area contributed by atoms with Crippen molar-refractivity contribution in [3.05, 3.63) is 59.2 Å². The van der Waals surface area contributed by atoms with Crippen LogP contribution in [0, 0.1) is 13.8 Å². The maximum Gasteiger partial charge on any atom is 0.234 e. The lowest BCUT2D eigenvalue weighted by Crippen LogP contribution is -2.35. The van der Waals surface area contributed by atoms with E-state index >= 15 is 0 Å². The Morgan fingerprint density at radius 1 is 1.05 bits per heavy atom. The Morgan fingerprint density at radius 3 is 2.10 bits per heavy atom. The summed E-state index contributed by atoms with van der Waals surface area (Å²) < 4.78 is 0. The van der Waals surface area contributed by atoms with E-state index in [1.54, 1.807) is 0 Å². The molecule has 0 aromatic heterocycles. The average molecular weight is 282 g/mol. The van der Waals surface area contributed by atoms with E-state index in [1.807, 2.05) is 70.2 Å². The first kappa shape index (κ1) is 15.1. The number of hydrogen-bond acceptors (Lipinski definition) is 2. The number of carbonyl (C=O) groups is 1. The first-order valence-electron chi connectivity index (χ1n) is 7.06. The van der Waals surface area contributed by atoms with Crippen LogP contribution in [0.5, 0.6) is 0 Å². The molecule has 0 atom stereocenters. The summed E-state index contributed by atoms with van der Waals surface area (Å²) in [5.41, 5.74) is 9.73. The summed E-state index contributed by atoms with van der Waals surface area (Å²) in [6.07, 6.45) is 0. The quantitative estimate of drug-likeness (QED) is 0.841. The molecule has 0 bridgehead atoms. The zero-order valence-corrected chi connectivity index (χ0v) is 13.0. The van der Waals surface area contributed by atoms with Crippen LogP contribution >= 0.6 is 0 Å². The topological polar surface area (TPSA) is 55.1 Å². The van der Waals surface area contributed by atoms with Gasteiger partial charge in [-0.05, 0) is 56.5 Å². The summed E-state index contributed by atoms with van der Waals surface area (Å²) >= 11 is 0. The van der Waals surface area contributed by atoms with Gasteiger partial charge in [-0.15, -0.1) is 0 Å². The van der Waals surface area contributed by atoms with Crippen LogP contribution in [0.25, 0.3) is 0 Å². The lowest BCUT2D eigenvalue weighted by Gasteiger charge is -2.25. The zero-order chi connectivity index (χ0) is 15.6. The van der Waals surface area contributed by atoms with Crippen LogP contribution in [0.15, 0.2) is 42.5 Å². The van der Waals surface area contributed by atoms with Crippen molar-refractivity contribution < 1.29 is 4.79 Å². The maximum absolute atomic E-state index is 12.7. The van der Waals surface area contributed by atoms with Crippen LogP contribution in [0.1, 0.15) is 30.5 Å². The molecule has 2 rings (SSSR count). The van der Waals surface area contributed by atoms with Crippen LogP contribution in [0.2, 0.25) is 0 Å². The summed E-state index contributed by atoms with van der Waals surface area (Å²) in [5.74, 6) is -0.0235. The van der Waals surface area contributed by atoms with E-state index in [9.17, 15) is 4.79 Å². The number of benzene rings is 2. The molecule has 0 unspecified atom stereocenters. The fraction of sp³-hybridized carbons (Fsp3) is 0.278. The molecule has 2 aromatic carbocycles. The van der Waals surface area contributed by atoms with E-state index in [2.05, 4.69) is 5.32 Å². The molecule has 0 spiro atoms. The van der Waals surface area contributed by atoms with E-state index in [4.69, 9.17) is 5.73 Å². The SMILES string of the molecule is Cc1cc(N)cc(C)c1NC(=O)C(C)(C)c1ccccc1. The largest absolute Gasteiger partial charge is 0.399 e. The van der Waals surface area contributed by atoms with Crippen molar-refractivity contribution in [1.29, 1.82) is 0 Å². The van der Waals surface area contributed by atoms with E-state index in [0.717, 1.165) is 22.4 Å². The first-order valence-corrected chi connectivity index (χ1v) is 7.06. The predicted molar refractivity (Wildman–Crippen MR) is 88.4 cm³/mol. The average Bonchev–Trinajstić information content (AvgIpc) is 2.43. The minimum absolute atomic E-state index is 0.0235. The highest BCUT2D eigenvalue weighted by atomic mass is 16.2. The Labute approximate surface area is 126 Å². The summed E-state index contributed by atoms with van der Waals surface area (Å²) in [4.78, 5) is 12.7. The van der Waals surface area contributed by atoms with Crippen molar-refractivity contribution in [3.8, 4) is 0 Å². The Morgan fingerprint density at radius 2 is 1.57 bits per heavy atom. The number of aryl methyl sites for hydroxylation is 2. The summed E-state index contributed by atoms with van der Waals surface area (Å²) in [6, 6.07) is 13.5. The second kappa shape index (κ2) is 5.60. The van der Waals surface area contributed by atoms with E-state index in [0.29, 0.717) is 5.69 Å². The number of carbonyl (C=O) groups excluding carboxylic acids is 1. The Kier molecular flexibility index (Phi) is 4.03. The minimum atomic E-state index is -0.596. The molecule has 1 amide bonds. The molecular formula is C18H22N2O. The molecule has 0 saturated heterocycles. The first-order chi connectivity index (χ1) is 9.82. The highest BCUT2D eigenvalue weighted by Gasteiger charge is 2.30. The molecule has 0 radical (unpaired) electrons. The standard InChI is InChI=1S/C18H22N2O/c1-12-10-15(19)11-13(2)16(12)20-17(21)18(3,4)14-8-6-5-7-9-14/h5-11H,19H2,1-4H3,(H,20,21). The van der Waals surface area contributed by atoms with Gasteiger partial charge in [-0.3, -0.25) is 4.79 Å². The van der Waals surface area contributed by atoms with Gasteiger partial charge in [0.2, 0.25) is 5.91 Å². The normalized spacial score (nSPS) is 11.2. The molecule has 0 aliphatic carbocycles. The number of amides is 1. The minimum Gasteiger partial charge on any atom is -0.399 e. The number of rotatable bonds is 3. The third-order valence-corrected chi connectivity index (χ3v) is 3.86. The summed E-state index contributed by atoms with van der Waals surface area (Å²) in [7, 11) is 0. The number of nitrogen functional groups attached to an aromatic ring is 1. The van der Waals surface area contributed by atoms with Gasteiger partial charge in [0.1, 0.15) is 0 Å². The van der Waals surface area contributed by atoms with E-state index in [1.165, 1.54) is 0 Å². The molecule has 3 N–H and O–H groups in total. The molecule has 0 heterocycles. The van der Waals surface area contributed by atoms with Gasteiger partial charge in [-0.2, -0.15) is 0 Å². The highest BCUT2D eigenvalue weighted by Crippen LogP contribution is 2.28. The molecule has 0 aliphatic heterocycles. The summed E-state index contributed by atoms with van der Waals surface area (Å²) in [6.45, 7) is 7.77. The van der Waals surface area contributed by atoms with Crippen LogP contribution in [0.4, 0.5) is 11.4 Å². The van der Waals surface area contributed by atoms with Crippen LogP contribution < -0.4 is 11.1 Å². The number of anilines is 2. The van der Waals surface area contributed by atoms with Crippen molar-refractivity contribution in [1.82, 2.24) is 0 Å². The lowest BCUT2D eigenvalue weighted by molar-refractivity contribution is -0.120. The van der Waals surface area contributed by atoms with Crippen molar-refractivity contribution in [3.63, 3.8) is 0 Å². The Hall–Kier alpha value is -2.29. The van der Waals surface area contributed by atoms with Gasteiger partial charge in [0, 0.05) is 11.4 Å². The summed E-state index contributed by atoms with van der Waals surface area (Å²) in [5, 5.41) is 3.05. The third kappa shape index (κ3) is 3.07. The van der Waals surface area contributed by atoms with Crippen LogP contribution in [-0.4, -0.2) is 5.91 Å². The molecule has 3 heteroatoms. The second-order valence-corrected chi connectivity index (χ2v) is 5.97. The van der Waals surface area contributed by atoms with Gasteiger partial charge >= 0.3 is 0 Å². The van der Waals surface area contributed by atoms with Gasteiger partial charge in [0.25, 0.3) is 0 Å². The maximum atomic E-state index is 12.7. The van der Waals surface area contributed by atoms with E-state index in [-0.39, 0.29) is 5.91 Å². The Bertz CT molecular complexity index is 637. The highest BCUT2D eigenvalue weighted by molar-refractivity contribution is 5.99. The van der Waals surface area contributed by atoms with Crippen molar-refractivity contribution in [2.45, 2.75) is 33.1 Å². The smallest absolute Gasteiger partial charge is 0.234 e. The molecule has 0 saturated carbocycles. The fourth-order valence-electron chi connectivity index (χ4n) is 2.45. The molecule has 21 heavy (non-hydrogen) atoms. The van der Waals surface area contributed by atoms with Crippen molar-refractivity contribution in [2.75, 3.05) is 11.1 Å². The van der Waals surface area contributed by atoms with Gasteiger partial charge in [0.05, 0.1) is 5.41 Å². The molecule has 2 aromatic rings. The molecular weight excluding hydrogens is 260 g/mol. The second-order valence-electron chi connectivity index (χ2n) is 5.97. The Balaban J connectivity index is 2.30.